The second kappa shape index (κ2) is 13.5. The maximum atomic E-state index is 12.4. The van der Waals surface area contributed by atoms with E-state index in [0.29, 0.717) is 31.6 Å². The van der Waals surface area contributed by atoms with Crippen molar-refractivity contribution in [2.75, 3.05) is 13.2 Å². The monoisotopic (exact) mass is 459 g/mol. The number of carbonyl (C=O) groups is 1. The third-order valence-corrected chi connectivity index (χ3v) is 6.42. The molecule has 0 bridgehead atoms. The molecule has 9 nitrogen and oxygen atoms in total. The van der Waals surface area contributed by atoms with Crippen molar-refractivity contribution in [3.05, 3.63) is 64.8 Å². The number of esters is 1. The summed E-state index contributed by atoms with van der Waals surface area (Å²) >= 11 is 0. The Morgan fingerprint density at radius 3 is 2.59 bits per heavy atom. The Morgan fingerprint density at radius 2 is 1.94 bits per heavy atom. The number of aryl methyl sites for hydroxylation is 1. The Hall–Kier alpha value is -2.94. The molecule has 0 aliphatic heterocycles. The number of ether oxygens (including phenoxy) is 1. The number of carbonyl (C=O) groups excluding carboxylic acids is 1. The standard InChI is InChI=1S/C22H29N5O4S/c1-2-31-22(28)19(10-5-7-18-8-6-15-24-17-18)9-3-4-16-25-32(29,30)21-13-11-20(12-14-21)26-27-23/h6,8,11-15,17,19,25H,2-5,7,9-10,16H2,1H3. The van der Waals surface area contributed by atoms with Crippen molar-refractivity contribution in [2.24, 2.45) is 11.0 Å². The molecule has 1 aromatic carbocycles. The molecule has 0 aliphatic carbocycles. The molecule has 1 N–H and O–H groups in total. The summed E-state index contributed by atoms with van der Waals surface area (Å²) in [6.07, 6.45) is 7.94. The van der Waals surface area contributed by atoms with Crippen molar-refractivity contribution < 1.29 is 17.9 Å². The van der Waals surface area contributed by atoms with Crippen molar-refractivity contribution in [3.63, 3.8) is 0 Å². The normalized spacial score (nSPS) is 12.0. The summed E-state index contributed by atoms with van der Waals surface area (Å²) < 4.78 is 32.5. The van der Waals surface area contributed by atoms with Crippen LogP contribution in [-0.4, -0.2) is 32.5 Å². The fourth-order valence-electron chi connectivity index (χ4n) is 3.29. The van der Waals surface area contributed by atoms with Gasteiger partial charge in [-0.2, -0.15) is 0 Å². The van der Waals surface area contributed by atoms with Gasteiger partial charge in [0.2, 0.25) is 10.0 Å². The molecule has 0 saturated carbocycles. The van der Waals surface area contributed by atoms with Gasteiger partial charge in [0.05, 0.1) is 17.4 Å². The molecule has 10 heteroatoms. The van der Waals surface area contributed by atoms with Crippen LogP contribution in [0.4, 0.5) is 5.69 Å². The van der Waals surface area contributed by atoms with Crippen LogP contribution >= 0.6 is 0 Å². The molecule has 0 saturated heterocycles. The van der Waals surface area contributed by atoms with Crippen LogP contribution in [0.2, 0.25) is 0 Å². The smallest absolute Gasteiger partial charge is 0.308 e. The Balaban J connectivity index is 1.78. The lowest BCUT2D eigenvalue weighted by atomic mass is 9.95. The summed E-state index contributed by atoms with van der Waals surface area (Å²) in [6.45, 7) is 2.40. The topological polar surface area (TPSA) is 134 Å². The highest BCUT2D eigenvalue weighted by atomic mass is 32.2. The molecule has 0 amide bonds. The van der Waals surface area contributed by atoms with E-state index in [-0.39, 0.29) is 23.3 Å². The average Bonchev–Trinajstić information content (AvgIpc) is 2.79. The fraction of sp³-hybridized carbons (Fsp3) is 0.455. The molecule has 0 aliphatic rings. The summed E-state index contributed by atoms with van der Waals surface area (Å²) in [4.78, 5) is 19.2. The van der Waals surface area contributed by atoms with Gasteiger partial charge < -0.3 is 4.74 Å². The van der Waals surface area contributed by atoms with Gasteiger partial charge >= 0.3 is 5.97 Å². The summed E-state index contributed by atoms with van der Waals surface area (Å²) in [7, 11) is -3.64. The number of pyridine rings is 1. The Labute approximate surface area is 188 Å². The molecule has 2 rings (SSSR count). The molecular formula is C22H29N5O4S. The van der Waals surface area contributed by atoms with Crippen molar-refractivity contribution >= 4 is 21.7 Å². The van der Waals surface area contributed by atoms with E-state index in [1.165, 1.54) is 24.3 Å². The molecule has 172 valence electrons. The summed E-state index contributed by atoms with van der Waals surface area (Å²) in [6, 6.07) is 9.60. The Morgan fingerprint density at radius 1 is 1.19 bits per heavy atom. The molecule has 32 heavy (non-hydrogen) atoms. The van der Waals surface area contributed by atoms with Gasteiger partial charge in [0.15, 0.2) is 0 Å². The van der Waals surface area contributed by atoms with Gasteiger partial charge in [0.1, 0.15) is 0 Å². The first kappa shape index (κ1) is 25.3. The van der Waals surface area contributed by atoms with Crippen molar-refractivity contribution in [1.29, 1.82) is 0 Å². The Bertz CT molecular complexity index is 991. The number of nitrogens with zero attached hydrogens (tertiary/aromatic N) is 4. The number of hydrogen-bond donors (Lipinski definition) is 1. The van der Waals surface area contributed by atoms with Gasteiger partial charge in [-0.1, -0.05) is 29.7 Å². The summed E-state index contributed by atoms with van der Waals surface area (Å²) in [5.74, 6) is -0.393. The lowest BCUT2D eigenvalue weighted by Gasteiger charge is -2.15. The van der Waals surface area contributed by atoms with Crippen LogP contribution < -0.4 is 4.72 Å². The Kier molecular flexibility index (Phi) is 10.7. The third kappa shape index (κ3) is 8.66. The van der Waals surface area contributed by atoms with Crippen LogP contribution in [0.3, 0.4) is 0 Å². The zero-order valence-corrected chi connectivity index (χ0v) is 19.0. The first-order valence-corrected chi connectivity index (χ1v) is 12.1. The van der Waals surface area contributed by atoms with Crippen LogP contribution in [0.1, 0.15) is 44.6 Å². The second-order valence-electron chi connectivity index (χ2n) is 7.28. The van der Waals surface area contributed by atoms with Crippen molar-refractivity contribution in [1.82, 2.24) is 9.71 Å². The van der Waals surface area contributed by atoms with E-state index in [2.05, 4.69) is 19.7 Å². The van der Waals surface area contributed by atoms with E-state index in [4.69, 9.17) is 10.3 Å². The molecule has 0 radical (unpaired) electrons. The zero-order chi connectivity index (χ0) is 23.2. The zero-order valence-electron chi connectivity index (χ0n) is 18.2. The van der Waals surface area contributed by atoms with Crippen LogP contribution in [0.15, 0.2) is 58.8 Å². The van der Waals surface area contributed by atoms with Gasteiger partial charge in [-0.25, -0.2) is 13.1 Å². The quantitative estimate of drug-likeness (QED) is 0.144. The highest BCUT2D eigenvalue weighted by Gasteiger charge is 2.19. The highest BCUT2D eigenvalue weighted by Crippen LogP contribution is 2.19. The maximum absolute atomic E-state index is 12.4. The van der Waals surface area contributed by atoms with E-state index in [0.717, 1.165) is 24.8 Å². The first-order valence-electron chi connectivity index (χ1n) is 10.7. The van der Waals surface area contributed by atoms with E-state index in [1.54, 1.807) is 13.1 Å². The van der Waals surface area contributed by atoms with Crippen LogP contribution in [-0.2, 0) is 26.0 Å². The lowest BCUT2D eigenvalue weighted by molar-refractivity contribution is -0.148. The minimum absolute atomic E-state index is 0.106. The first-order chi connectivity index (χ1) is 15.5. The van der Waals surface area contributed by atoms with E-state index in [1.807, 2.05) is 18.3 Å². The highest BCUT2D eigenvalue weighted by molar-refractivity contribution is 7.89. The minimum atomic E-state index is -3.64. The molecule has 1 aromatic heterocycles. The minimum Gasteiger partial charge on any atom is -0.466 e. The number of rotatable bonds is 14. The number of sulfonamides is 1. The predicted octanol–water partition coefficient (Wildman–Crippen LogP) is 4.67. The van der Waals surface area contributed by atoms with Crippen LogP contribution in [0.5, 0.6) is 0 Å². The van der Waals surface area contributed by atoms with Crippen LogP contribution in [0.25, 0.3) is 10.4 Å². The van der Waals surface area contributed by atoms with E-state index >= 15 is 0 Å². The number of benzene rings is 1. The largest absolute Gasteiger partial charge is 0.466 e. The lowest BCUT2D eigenvalue weighted by Crippen LogP contribution is -2.25. The molecule has 1 atom stereocenters. The molecule has 0 fully saturated rings. The average molecular weight is 460 g/mol. The SMILES string of the molecule is CCOC(=O)C(CCCCNS(=O)(=O)c1ccc(N=[N+]=[N-])cc1)CCCc1cccnc1. The third-order valence-electron chi connectivity index (χ3n) is 4.94. The van der Waals surface area contributed by atoms with Gasteiger partial charge in [0.25, 0.3) is 0 Å². The second-order valence-corrected chi connectivity index (χ2v) is 9.05. The van der Waals surface area contributed by atoms with E-state index < -0.39 is 10.0 Å². The van der Waals surface area contributed by atoms with Crippen molar-refractivity contribution in [2.45, 2.75) is 50.3 Å². The number of aromatic nitrogens is 1. The fourth-order valence-corrected chi connectivity index (χ4v) is 4.36. The molecule has 1 heterocycles. The summed E-state index contributed by atoms with van der Waals surface area (Å²) in [5, 5.41) is 3.42. The molecule has 1 unspecified atom stereocenters. The molecule has 2 aromatic rings. The number of nitrogens with one attached hydrogen (secondary N) is 1. The van der Waals surface area contributed by atoms with Gasteiger partial charge in [-0.3, -0.25) is 9.78 Å². The predicted molar refractivity (Wildman–Crippen MR) is 122 cm³/mol. The molecule has 0 spiro atoms. The number of hydrogen-bond acceptors (Lipinski definition) is 6. The van der Waals surface area contributed by atoms with E-state index in [9.17, 15) is 13.2 Å². The van der Waals surface area contributed by atoms with Crippen molar-refractivity contribution in [3.8, 4) is 0 Å². The summed E-state index contributed by atoms with van der Waals surface area (Å²) in [5.41, 5.74) is 9.90. The van der Waals surface area contributed by atoms with Crippen LogP contribution in [0, 0.1) is 5.92 Å². The molecular weight excluding hydrogens is 430 g/mol. The van der Waals surface area contributed by atoms with Gasteiger partial charge in [-0.15, -0.1) is 0 Å². The maximum Gasteiger partial charge on any atom is 0.308 e. The number of unbranched alkanes of at least 4 members (excludes halogenated alkanes) is 1. The van der Waals surface area contributed by atoms with Gasteiger partial charge in [-0.05, 0) is 68.3 Å². The van der Waals surface area contributed by atoms with Gasteiger partial charge in [0, 0.05) is 29.5 Å². The number of azide groups is 1.